The monoisotopic (exact) mass is 684 g/mol. The zero-order chi connectivity index (χ0) is 32.7. The van der Waals surface area contributed by atoms with Crippen molar-refractivity contribution in [3.8, 4) is 0 Å². The Bertz CT molecular complexity index is 1900. The number of rotatable bonds is 2. The van der Waals surface area contributed by atoms with Crippen LogP contribution in [0.15, 0.2) is 22.2 Å². The van der Waals surface area contributed by atoms with Crippen molar-refractivity contribution in [2.24, 2.45) is 11.8 Å². The highest BCUT2D eigenvalue weighted by Crippen LogP contribution is 2.52. The maximum absolute atomic E-state index is 13.1. The van der Waals surface area contributed by atoms with Crippen molar-refractivity contribution in [1.29, 1.82) is 0 Å². The summed E-state index contributed by atoms with van der Waals surface area (Å²) in [6.07, 6.45) is -4.84. The molecule has 24 heteroatoms. The van der Waals surface area contributed by atoms with Crippen LogP contribution in [0, 0.1) is 11.8 Å². The molecule has 6 N–H and O–H groups in total. The second kappa shape index (κ2) is 11.0. The van der Waals surface area contributed by atoms with Crippen molar-refractivity contribution in [2.75, 3.05) is 24.7 Å². The topological polar surface area (TPSA) is 315 Å². The van der Waals surface area contributed by atoms with E-state index < -0.39 is 88.7 Å². The quantitative estimate of drug-likeness (QED) is 0.170. The number of ether oxygens (including phenoxy) is 2. The van der Waals surface area contributed by atoms with Crippen LogP contribution in [-0.2, 0) is 36.7 Å². The number of imidazole rings is 2. The average molecular weight is 684 g/mol. The van der Waals surface area contributed by atoms with Gasteiger partial charge in [0.05, 0.1) is 25.9 Å². The molecule has 3 fully saturated rings. The van der Waals surface area contributed by atoms with Crippen LogP contribution in [0.3, 0.4) is 0 Å². The standard InChI is InChI=1S/C22H28N10O12P2/c1-7-13-9(41-19(7)31-5-25-11-15(31)27-21(23)29-17(11)33)3-39-46(37,38)44-14-8(2)20(42-10(14)4-40-45(35,36)43-13)32-6-26-12-16(32)28-22(24)30-18(12)34/h5-10,13-14,19-20H,3-4H2,1-2H3,(H,35,36)(H,37,38)(H3,23,27,29,33)(H3,24,28,30,34)/p-2/t7-,8-,9+,10+,13?,14?,19+,20+/m0/s1. The molecule has 248 valence electrons. The number of nitrogen functional groups attached to an aromatic ring is 2. The fourth-order valence-corrected chi connectivity index (χ4v) is 7.98. The van der Waals surface area contributed by atoms with Crippen molar-refractivity contribution in [3.05, 3.63) is 33.4 Å². The molecule has 0 aromatic carbocycles. The Kier molecular flexibility index (Phi) is 7.44. The molecular weight excluding hydrogens is 658 g/mol. The first-order chi connectivity index (χ1) is 21.7. The summed E-state index contributed by atoms with van der Waals surface area (Å²) in [5, 5.41) is 0. The van der Waals surface area contributed by atoms with Gasteiger partial charge in [-0.15, -0.1) is 0 Å². The highest BCUT2D eigenvalue weighted by molar-refractivity contribution is 7.46. The second-order valence-electron chi connectivity index (χ2n) is 11.0. The average Bonchev–Trinajstić information content (AvgIpc) is 3.72. The molecule has 0 radical (unpaired) electrons. The first-order valence-electron chi connectivity index (χ1n) is 13.7. The number of aromatic amines is 2. The SMILES string of the molecule is C[C@H]1C2OP(=O)([O-])OC[C@H]3O[C@@H](n4cnc5c(=O)[nH]c(N)nc54)[C@@H](C)C3OP(=O)([O-])OC[C@H]2O[C@H]1n1cnc2c(=O)[nH]c(N)nc21. The van der Waals surface area contributed by atoms with Crippen LogP contribution >= 0.6 is 15.6 Å². The van der Waals surface area contributed by atoms with Crippen molar-refractivity contribution in [1.82, 2.24) is 39.0 Å². The van der Waals surface area contributed by atoms with Gasteiger partial charge in [-0.3, -0.25) is 37.8 Å². The number of nitrogens with one attached hydrogen (secondary N) is 2. The molecule has 46 heavy (non-hydrogen) atoms. The maximum Gasteiger partial charge on any atom is 0.280 e. The Morgan fingerprint density at radius 1 is 0.783 bits per heavy atom. The zero-order valence-corrected chi connectivity index (χ0v) is 25.6. The van der Waals surface area contributed by atoms with E-state index in [1.807, 2.05) is 0 Å². The lowest BCUT2D eigenvalue weighted by molar-refractivity contribution is -0.243. The number of fused-ring (bicyclic) bond motifs is 4. The summed E-state index contributed by atoms with van der Waals surface area (Å²) in [5.74, 6) is -2.02. The first-order valence-corrected chi connectivity index (χ1v) is 16.7. The summed E-state index contributed by atoms with van der Waals surface area (Å²) in [6.45, 7) is 1.70. The van der Waals surface area contributed by atoms with Crippen LogP contribution in [0.4, 0.5) is 11.9 Å². The normalized spacial score (nSPS) is 37.1. The van der Waals surface area contributed by atoms with Crippen molar-refractivity contribution < 1.29 is 46.5 Å². The Balaban J connectivity index is 1.18. The van der Waals surface area contributed by atoms with E-state index in [1.165, 1.54) is 21.8 Å². The number of nitrogens with two attached hydrogens (primary N) is 2. The lowest BCUT2D eigenvalue weighted by Gasteiger charge is -2.35. The van der Waals surface area contributed by atoms with Gasteiger partial charge in [0, 0.05) is 11.8 Å². The van der Waals surface area contributed by atoms with Crippen LogP contribution < -0.4 is 32.4 Å². The minimum Gasteiger partial charge on any atom is -0.756 e. The lowest BCUT2D eigenvalue weighted by atomic mass is 10.0. The molecule has 7 rings (SSSR count). The summed E-state index contributed by atoms with van der Waals surface area (Å²) in [5.41, 5.74) is 10.1. The van der Waals surface area contributed by atoms with Gasteiger partial charge in [-0.25, -0.2) is 9.97 Å². The van der Waals surface area contributed by atoms with Crippen LogP contribution in [0.1, 0.15) is 26.3 Å². The molecule has 0 amide bonds. The van der Waals surface area contributed by atoms with Crippen LogP contribution in [0.5, 0.6) is 0 Å². The molecule has 0 saturated carbocycles. The van der Waals surface area contributed by atoms with Crippen molar-refractivity contribution >= 4 is 49.9 Å². The first kappa shape index (κ1) is 31.1. The van der Waals surface area contributed by atoms with E-state index in [2.05, 4.69) is 29.9 Å². The molecule has 3 aliphatic rings. The highest BCUT2D eigenvalue weighted by Gasteiger charge is 2.50. The minimum atomic E-state index is -5.12. The van der Waals surface area contributed by atoms with Crippen molar-refractivity contribution in [2.45, 2.75) is 50.7 Å². The Hall–Kier alpha value is -3.56. The summed E-state index contributed by atoms with van der Waals surface area (Å²) >= 11 is 0. The smallest absolute Gasteiger partial charge is 0.280 e. The molecule has 10 atom stereocenters. The Morgan fingerprint density at radius 2 is 1.17 bits per heavy atom. The van der Waals surface area contributed by atoms with Crippen LogP contribution in [0.25, 0.3) is 22.3 Å². The predicted octanol–water partition coefficient (Wildman–Crippen LogP) is -1.76. The molecule has 22 nitrogen and oxygen atoms in total. The van der Waals surface area contributed by atoms with Gasteiger partial charge in [0.25, 0.3) is 26.8 Å². The number of anilines is 2. The Morgan fingerprint density at radius 3 is 1.57 bits per heavy atom. The highest BCUT2D eigenvalue weighted by atomic mass is 31.2. The fraction of sp³-hybridized carbons (Fsp3) is 0.545. The summed E-state index contributed by atoms with van der Waals surface area (Å²) in [4.78, 5) is 71.7. The van der Waals surface area contributed by atoms with Gasteiger partial charge >= 0.3 is 0 Å². The van der Waals surface area contributed by atoms with E-state index in [0.717, 1.165) is 0 Å². The third-order valence-electron chi connectivity index (χ3n) is 8.04. The molecule has 4 aromatic heterocycles. The van der Waals surface area contributed by atoms with E-state index in [-0.39, 0.29) is 34.2 Å². The molecule has 0 bridgehead atoms. The molecule has 7 heterocycles. The largest absolute Gasteiger partial charge is 0.756 e. The summed E-state index contributed by atoms with van der Waals surface area (Å²) in [6, 6.07) is 0. The van der Waals surface area contributed by atoms with Gasteiger partial charge in [0.15, 0.2) is 22.3 Å². The molecule has 4 unspecified atom stereocenters. The third-order valence-corrected chi connectivity index (χ3v) is 9.98. The number of H-pyrrole nitrogens is 2. The maximum atomic E-state index is 13.1. The third kappa shape index (κ3) is 5.35. The van der Waals surface area contributed by atoms with Gasteiger partial charge in [-0.1, -0.05) is 13.8 Å². The van der Waals surface area contributed by atoms with E-state index in [9.17, 15) is 28.5 Å². The molecule has 0 aliphatic carbocycles. The lowest BCUT2D eigenvalue weighted by Crippen LogP contribution is -2.38. The van der Waals surface area contributed by atoms with E-state index >= 15 is 0 Å². The van der Waals surface area contributed by atoms with Gasteiger partial charge in [0.1, 0.15) is 36.9 Å². The van der Waals surface area contributed by atoms with E-state index in [4.69, 9.17) is 39.0 Å². The van der Waals surface area contributed by atoms with Gasteiger partial charge in [-0.2, -0.15) is 9.97 Å². The Labute approximate surface area is 256 Å². The molecule has 3 saturated heterocycles. The zero-order valence-electron chi connectivity index (χ0n) is 23.8. The number of aromatic nitrogens is 8. The van der Waals surface area contributed by atoms with Gasteiger partial charge in [0.2, 0.25) is 11.9 Å². The van der Waals surface area contributed by atoms with Crippen LogP contribution in [0.2, 0.25) is 0 Å². The molecule has 3 aliphatic heterocycles. The molecular formula is C22H26N10O12P2-2. The van der Waals surface area contributed by atoms with Gasteiger partial charge in [-0.05, 0) is 0 Å². The van der Waals surface area contributed by atoms with Gasteiger partial charge < -0.3 is 48.8 Å². The number of nitrogens with zero attached hydrogens (tertiary/aromatic N) is 6. The number of phosphoric acid groups is 2. The molecule has 0 spiro atoms. The van der Waals surface area contributed by atoms with E-state index in [1.54, 1.807) is 13.8 Å². The number of hydrogen-bond donors (Lipinski definition) is 4. The second-order valence-corrected chi connectivity index (χ2v) is 13.8. The number of hydrogen-bond acceptors (Lipinski definition) is 18. The number of phosphoric ester groups is 2. The van der Waals surface area contributed by atoms with E-state index in [0.29, 0.717) is 0 Å². The molecule has 4 aromatic rings. The predicted molar refractivity (Wildman–Crippen MR) is 148 cm³/mol. The van der Waals surface area contributed by atoms with Crippen LogP contribution in [-0.4, -0.2) is 76.7 Å². The fourth-order valence-electron chi connectivity index (χ4n) is 5.94. The van der Waals surface area contributed by atoms with Crippen molar-refractivity contribution in [3.63, 3.8) is 0 Å². The summed E-state index contributed by atoms with van der Waals surface area (Å²) in [7, 11) is -10.2. The summed E-state index contributed by atoms with van der Waals surface area (Å²) < 4.78 is 62.2. The minimum absolute atomic E-state index is 0.0393.